The molecule has 14 heteroatoms. The highest BCUT2D eigenvalue weighted by molar-refractivity contribution is 5.81. The molecule has 0 aliphatic carbocycles. The van der Waals surface area contributed by atoms with Crippen molar-refractivity contribution in [3.05, 3.63) is 30.5 Å². The molecule has 0 bridgehead atoms. The van der Waals surface area contributed by atoms with Crippen LogP contribution in [0.2, 0.25) is 0 Å². The number of rotatable bonds is 18. The first-order valence-electron chi connectivity index (χ1n) is 14.2. The molecule has 1 aliphatic heterocycles. The van der Waals surface area contributed by atoms with Crippen molar-refractivity contribution in [1.82, 2.24) is 20.3 Å². The Kier molecular flexibility index (Phi) is 14.0. The molecule has 3 rings (SSSR count). The first-order chi connectivity index (χ1) is 20.2. The van der Waals surface area contributed by atoms with Crippen LogP contribution in [0.5, 0.6) is 0 Å². The number of aromatic nitrogens is 3. The summed E-state index contributed by atoms with van der Waals surface area (Å²) in [6, 6.07) is 7.45. The highest BCUT2D eigenvalue weighted by Gasteiger charge is 2.49. The van der Waals surface area contributed by atoms with Crippen LogP contribution in [-0.2, 0) is 39.8 Å². The minimum atomic E-state index is -1.35. The van der Waals surface area contributed by atoms with Crippen LogP contribution in [0.15, 0.2) is 30.5 Å². The number of aliphatic hydroxyl groups excluding tert-OH is 2. The van der Waals surface area contributed by atoms with Gasteiger partial charge in [0.1, 0.15) is 24.0 Å². The van der Waals surface area contributed by atoms with Crippen molar-refractivity contribution in [3.63, 3.8) is 0 Å². The Balaban J connectivity index is 1.23. The third-order valence-corrected chi connectivity index (χ3v) is 6.14. The van der Waals surface area contributed by atoms with Crippen molar-refractivity contribution in [2.45, 2.75) is 77.2 Å². The zero-order valence-corrected chi connectivity index (χ0v) is 24.8. The van der Waals surface area contributed by atoms with Crippen molar-refractivity contribution in [2.75, 3.05) is 51.9 Å². The monoisotopic (exact) mass is 595 g/mol. The van der Waals surface area contributed by atoms with Crippen LogP contribution in [0.3, 0.4) is 0 Å². The third-order valence-electron chi connectivity index (χ3n) is 6.14. The number of benzene rings is 1. The molecule has 1 unspecified atom stereocenters. The number of nitrogens with one attached hydrogen (secondary N) is 1. The number of hydrogen-bond donors (Lipinski definition) is 4. The molecule has 1 aromatic carbocycles. The van der Waals surface area contributed by atoms with E-state index in [1.54, 1.807) is 32.4 Å². The summed E-state index contributed by atoms with van der Waals surface area (Å²) in [5.74, 6) is -0.492. The fourth-order valence-electron chi connectivity index (χ4n) is 4.14. The lowest BCUT2D eigenvalue weighted by Gasteiger charge is -2.42. The fraction of sp³-hybridized carbons (Fsp3) is 0.679. The predicted molar refractivity (Wildman–Crippen MR) is 152 cm³/mol. The summed E-state index contributed by atoms with van der Waals surface area (Å²) in [5, 5.41) is 32.0. The van der Waals surface area contributed by atoms with Gasteiger partial charge in [0.15, 0.2) is 12.4 Å². The van der Waals surface area contributed by atoms with Crippen LogP contribution in [0, 0.1) is 0 Å². The van der Waals surface area contributed by atoms with Gasteiger partial charge >= 0.3 is 0 Å². The summed E-state index contributed by atoms with van der Waals surface area (Å²) in [4.78, 5) is 12.8. The van der Waals surface area contributed by atoms with Gasteiger partial charge in [0.2, 0.25) is 0 Å². The number of aliphatic hydroxyl groups is 2. The second kappa shape index (κ2) is 17.4. The third kappa shape index (κ3) is 10.9. The van der Waals surface area contributed by atoms with Gasteiger partial charge in [-0.1, -0.05) is 17.3 Å². The Labute approximate surface area is 246 Å². The normalized spacial score (nSPS) is 22.6. The molecular formula is C28H45N5O9. The fourth-order valence-corrected chi connectivity index (χ4v) is 4.14. The van der Waals surface area contributed by atoms with Crippen molar-refractivity contribution < 1.29 is 43.4 Å². The van der Waals surface area contributed by atoms with Gasteiger partial charge in [-0.05, 0) is 39.8 Å². The van der Waals surface area contributed by atoms with E-state index in [9.17, 15) is 15.0 Å². The van der Waals surface area contributed by atoms with E-state index < -0.39 is 36.6 Å². The number of carbonyl (C=O) groups excluding carboxylic acids is 1. The van der Waals surface area contributed by atoms with Gasteiger partial charge < -0.3 is 49.7 Å². The molecule has 0 spiro atoms. The summed E-state index contributed by atoms with van der Waals surface area (Å²) in [6.07, 6.45) is -4.78. The zero-order chi connectivity index (χ0) is 30.5. The van der Waals surface area contributed by atoms with Gasteiger partial charge in [0, 0.05) is 17.8 Å². The van der Waals surface area contributed by atoms with Gasteiger partial charge in [0.25, 0.3) is 5.91 Å². The number of carbonyl (C=O) groups is 1. The lowest BCUT2D eigenvalue weighted by molar-refractivity contribution is -0.307. The molecule has 1 amide bonds. The average Bonchev–Trinajstić information content (AvgIpc) is 3.42. The van der Waals surface area contributed by atoms with Gasteiger partial charge in [-0.3, -0.25) is 4.79 Å². The number of nitrogens with two attached hydrogens (primary N) is 1. The maximum Gasteiger partial charge on any atom is 0.252 e. The zero-order valence-electron chi connectivity index (χ0n) is 24.8. The van der Waals surface area contributed by atoms with Gasteiger partial charge in [-0.25, -0.2) is 4.68 Å². The Morgan fingerprint density at radius 2 is 1.57 bits per heavy atom. The van der Waals surface area contributed by atoms with Crippen LogP contribution in [0.4, 0.5) is 5.69 Å². The second-order valence-electron chi connectivity index (χ2n) is 10.4. The second-order valence-corrected chi connectivity index (χ2v) is 10.4. The number of anilines is 1. The van der Waals surface area contributed by atoms with Crippen LogP contribution >= 0.6 is 0 Å². The molecule has 5 N–H and O–H groups in total. The minimum Gasteiger partial charge on any atom is -0.399 e. The molecule has 1 fully saturated rings. The molecule has 5 atom stereocenters. The molecule has 42 heavy (non-hydrogen) atoms. The molecule has 0 radical (unpaired) electrons. The van der Waals surface area contributed by atoms with E-state index in [-0.39, 0.29) is 25.4 Å². The maximum absolute atomic E-state index is 12.8. The van der Waals surface area contributed by atoms with E-state index >= 15 is 0 Å². The number of amides is 1. The maximum atomic E-state index is 12.8. The predicted octanol–water partition coefficient (Wildman–Crippen LogP) is 0.359. The first-order valence-corrected chi connectivity index (χ1v) is 14.2. The van der Waals surface area contributed by atoms with Crippen LogP contribution in [0.1, 0.15) is 27.7 Å². The van der Waals surface area contributed by atoms with Crippen LogP contribution < -0.4 is 11.1 Å². The molecule has 236 valence electrons. The summed E-state index contributed by atoms with van der Waals surface area (Å²) in [5.41, 5.74) is 8.14. The lowest BCUT2D eigenvalue weighted by Crippen LogP contribution is -2.63. The number of nitrogens with zero attached hydrogens (tertiary/aromatic N) is 3. The molecule has 2 aromatic rings. The largest absolute Gasteiger partial charge is 0.399 e. The van der Waals surface area contributed by atoms with Gasteiger partial charge in [0.05, 0.1) is 64.6 Å². The Hall–Kier alpha value is -2.69. The standard InChI is InChI=1S/C28H45N5O9/c1-18(2)40-25-23(34)24(35)28(41-19(3)4)42-26(25)27(36)30-9-11-37-13-15-39-16-14-38-12-10-33-17-22(31-32-33)20-5-7-21(29)8-6-20/h5-8,17-19,23-26,28,34-35H,9-16,29H2,1-4H3,(H,30,36)/t23-,24+,25+,26?,28-/m1/s1. The molecule has 0 saturated carbocycles. The SMILES string of the molecule is CC(C)O[C@@H]1OC(C(=O)NCCOCCOCCOCCn2cc(-c3ccc(N)cc3)nn2)[C@@H](OC(C)C)[C@H](O)[C@@H]1O. The van der Waals surface area contributed by atoms with Crippen LogP contribution in [-0.4, -0.2) is 120 Å². The Morgan fingerprint density at radius 1 is 0.952 bits per heavy atom. The van der Waals surface area contributed by atoms with Crippen molar-refractivity contribution in [3.8, 4) is 11.3 Å². The topological polar surface area (TPSA) is 182 Å². The molecule has 1 saturated heterocycles. The first kappa shape index (κ1) is 33.8. The van der Waals surface area contributed by atoms with E-state index in [4.69, 9.17) is 34.2 Å². The van der Waals surface area contributed by atoms with Crippen LogP contribution in [0.25, 0.3) is 11.3 Å². The number of nitrogen functional groups attached to an aromatic ring is 1. The smallest absolute Gasteiger partial charge is 0.252 e. The molecule has 2 heterocycles. The highest BCUT2D eigenvalue weighted by atomic mass is 16.7. The highest BCUT2D eigenvalue weighted by Crippen LogP contribution is 2.26. The minimum absolute atomic E-state index is 0.215. The Bertz CT molecular complexity index is 1050. The summed E-state index contributed by atoms with van der Waals surface area (Å²) >= 11 is 0. The number of ether oxygens (including phenoxy) is 6. The molecule has 1 aromatic heterocycles. The Morgan fingerprint density at radius 3 is 2.21 bits per heavy atom. The van der Waals surface area contributed by atoms with Crippen molar-refractivity contribution in [2.24, 2.45) is 0 Å². The van der Waals surface area contributed by atoms with Crippen molar-refractivity contribution >= 4 is 11.6 Å². The quantitative estimate of drug-likeness (QED) is 0.137. The van der Waals surface area contributed by atoms with E-state index in [0.29, 0.717) is 45.3 Å². The lowest BCUT2D eigenvalue weighted by atomic mass is 9.97. The van der Waals surface area contributed by atoms with Gasteiger partial charge in [-0.15, -0.1) is 5.10 Å². The molecule has 1 aliphatic rings. The summed E-state index contributed by atoms with van der Waals surface area (Å²) in [7, 11) is 0. The number of hydrogen-bond acceptors (Lipinski definition) is 12. The van der Waals surface area contributed by atoms with Crippen molar-refractivity contribution in [1.29, 1.82) is 0 Å². The summed E-state index contributed by atoms with van der Waals surface area (Å²) < 4.78 is 35.3. The van der Waals surface area contributed by atoms with E-state index in [0.717, 1.165) is 11.3 Å². The van der Waals surface area contributed by atoms with Gasteiger partial charge in [-0.2, -0.15) is 0 Å². The molecule has 14 nitrogen and oxygen atoms in total. The van der Waals surface area contributed by atoms with E-state index in [2.05, 4.69) is 15.6 Å². The summed E-state index contributed by atoms with van der Waals surface area (Å²) in [6.45, 7) is 10.1. The average molecular weight is 596 g/mol. The van der Waals surface area contributed by atoms with E-state index in [1.807, 2.05) is 30.5 Å². The molecular weight excluding hydrogens is 550 g/mol. The van der Waals surface area contributed by atoms with E-state index in [1.165, 1.54) is 0 Å².